The number of carbonyl (C=O) groups is 4. The van der Waals surface area contributed by atoms with E-state index in [9.17, 15) is 34.5 Å². The van der Waals surface area contributed by atoms with Crippen molar-refractivity contribution in [3.05, 3.63) is 28.9 Å². The molecule has 232 valence electrons. The zero-order valence-corrected chi connectivity index (χ0v) is 24.7. The number of nitrogens with zero attached hydrogens (tertiary/aromatic N) is 6. The van der Waals surface area contributed by atoms with Gasteiger partial charge < -0.3 is 47.5 Å². The van der Waals surface area contributed by atoms with E-state index in [-0.39, 0.29) is 42.1 Å². The first-order chi connectivity index (χ1) is 20.3. The number of carboxylic acids is 2. The quantitative estimate of drug-likeness (QED) is 0.0527. The van der Waals surface area contributed by atoms with Crippen molar-refractivity contribution in [2.75, 3.05) is 30.4 Å². The highest BCUT2D eigenvalue weighted by atomic mass is 32.2. The van der Waals surface area contributed by atoms with Gasteiger partial charge in [-0.3, -0.25) is 14.5 Å². The Balaban J connectivity index is 1.58. The number of aromatic nitrogens is 4. The number of aliphatic hydroxyl groups excluding tert-OH is 1. The van der Waals surface area contributed by atoms with Crippen LogP contribution in [-0.4, -0.2) is 94.5 Å². The Hall–Kier alpha value is -4.27. The van der Waals surface area contributed by atoms with Gasteiger partial charge in [-0.05, 0) is 26.8 Å². The summed E-state index contributed by atoms with van der Waals surface area (Å²) in [5.74, 6) is -4.35. The second kappa shape index (κ2) is 12.5. The van der Waals surface area contributed by atoms with Crippen molar-refractivity contribution in [3.63, 3.8) is 0 Å². The van der Waals surface area contributed by atoms with Crippen molar-refractivity contribution in [2.24, 2.45) is 10.9 Å². The molecule has 0 aliphatic carbocycles. The van der Waals surface area contributed by atoms with Gasteiger partial charge in [0.15, 0.2) is 17.5 Å². The first-order valence-electron chi connectivity index (χ1n) is 12.8. The van der Waals surface area contributed by atoms with Crippen LogP contribution in [0.4, 0.5) is 10.9 Å². The Morgan fingerprint density at radius 2 is 2.07 bits per heavy atom. The lowest BCUT2D eigenvalue weighted by Gasteiger charge is -2.50. The summed E-state index contributed by atoms with van der Waals surface area (Å²) in [6, 6.07) is -1.17. The van der Waals surface area contributed by atoms with Crippen molar-refractivity contribution in [1.29, 1.82) is 0 Å². The summed E-state index contributed by atoms with van der Waals surface area (Å²) >= 11 is 1.96. The Bertz CT molecular complexity index is 1520. The largest absolute Gasteiger partial charge is 0.543 e. The minimum atomic E-state index is -1.81. The first-order valence-corrected chi connectivity index (χ1v) is 14.6. The predicted octanol–water partition coefficient (Wildman–Crippen LogP) is -4.03. The van der Waals surface area contributed by atoms with Crippen molar-refractivity contribution in [2.45, 2.75) is 50.4 Å². The number of hydrogen-bond acceptors (Lipinski definition) is 15. The third kappa shape index (κ3) is 6.26. The minimum Gasteiger partial charge on any atom is -0.543 e. The van der Waals surface area contributed by atoms with Gasteiger partial charge in [-0.25, -0.2) is 4.79 Å². The smallest absolute Gasteiger partial charge is 0.350 e. The number of amides is 2. The second-order valence-electron chi connectivity index (χ2n) is 9.93. The summed E-state index contributed by atoms with van der Waals surface area (Å²) in [5.41, 5.74) is 15.9. The topological polar surface area (TPSA) is 281 Å². The van der Waals surface area contributed by atoms with Crippen LogP contribution in [0, 0.1) is 0 Å². The fourth-order valence-corrected chi connectivity index (χ4v) is 6.12. The molecule has 43 heavy (non-hydrogen) atoms. The highest BCUT2D eigenvalue weighted by Crippen LogP contribution is 2.40. The Labute approximate surface area is 252 Å². The zero-order valence-electron chi connectivity index (χ0n) is 23.1. The maximum absolute atomic E-state index is 13.2. The second-order valence-corrected chi connectivity index (χ2v) is 11.8. The molecule has 18 nitrogen and oxygen atoms in total. The van der Waals surface area contributed by atoms with Gasteiger partial charge in [-0.1, -0.05) is 5.16 Å². The van der Waals surface area contributed by atoms with Gasteiger partial charge in [-0.2, -0.15) is 9.36 Å². The van der Waals surface area contributed by atoms with Gasteiger partial charge in [0.05, 0.1) is 23.8 Å². The molecule has 0 bridgehead atoms. The van der Waals surface area contributed by atoms with E-state index in [1.165, 1.54) is 25.6 Å². The average molecular weight is 639 g/mol. The minimum absolute atomic E-state index is 0.00195. The number of thioether (sulfide) groups is 1. The van der Waals surface area contributed by atoms with Crippen molar-refractivity contribution < 1.29 is 44.0 Å². The zero-order chi connectivity index (χ0) is 31.6. The van der Waals surface area contributed by atoms with Gasteiger partial charge >= 0.3 is 5.97 Å². The molecule has 2 amide bonds. The molecule has 2 aliphatic rings. The van der Waals surface area contributed by atoms with E-state index in [4.69, 9.17) is 22.0 Å². The van der Waals surface area contributed by atoms with Crippen LogP contribution in [0.5, 0.6) is 0 Å². The normalized spacial score (nSPS) is 18.7. The third-order valence-electron chi connectivity index (χ3n) is 6.58. The number of aliphatic hydroxyl groups is 1. The summed E-state index contributed by atoms with van der Waals surface area (Å²) in [4.78, 5) is 60.1. The van der Waals surface area contributed by atoms with Crippen LogP contribution in [0.25, 0.3) is 0 Å². The number of nitrogens with one attached hydrogen (secondary N) is 1. The van der Waals surface area contributed by atoms with E-state index in [1.54, 1.807) is 15.6 Å². The van der Waals surface area contributed by atoms with Crippen LogP contribution in [0.2, 0.25) is 0 Å². The van der Waals surface area contributed by atoms with E-state index in [2.05, 4.69) is 19.8 Å². The van der Waals surface area contributed by atoms with Crippen molar-refractivity contribution in [3.8, 4) is 0 Å². The molecule has 0 spiro atoms. The maximum Gasteiger partial charge on any atom is 0.350 e. The van der Waals surface area contributed by atoms with Gasteiger partial charge in [0.1, 0.15) is 18.0 Å². The number of nitrogens with two attached hydrogens (primary N) is 3. The van der Waals surface area contributed by atoms with Crippen LogP contribution in [0.1, 0.15) is 25.2 Å². The maximum atomic E-state index is 13.2. The average Bonchev–Trinajstić information content (AvgIpc) is 3.50. The fraction of sp³-hybridized carbons (Fsp3) is 0.478. The van der Waals surface area contributed by atoms with Crippen LogP contribution in [0.3, 0.4) is 0 Å². The molecule has 2 aromatic rings. The molecule has 0 aromatic carbocycles. The van der Waals surface area contributed by atoms with E-state index < -0.39 is 46.5 Å². The lowest BCUT2D eigenvalue weighted by Crippen LogP contribution is -2.71. The number of anilines is 2. The molecule has 4 heterocycles. The number of rotatable bonds is 13. The Morgan fingerprint density at radius 1 is 1.35 bits per heavy atom. The van der Waals surface area contributed by atoms with Crippen LogP contribution in [-0.2, 0) is 43.5 Å². The van der Waals surface area contributed by atoms with Gasteiger partial charge in [0, 0.05) is 22.9 Å². The molecular formula is C23H30N10O8S2. The third-order valence-corrected chi connectivity index (χ3v) is 8.46. The van der Waals surface area contributed by atoms with Crippen molar-refractivity contribution in [1.82, 2.24) is 24.3 Å². The molecule has 4 rings (SSSR count). The van der Waals surface area contributed by atoms with Gasteiger partial charge in [0.25, 0.3) is 11.8 Å². The van der Waals surface area contributed by atoms with E-state index in [1.807, 2.05) is 0 Å². The number of aliphatic carboxylic acids is 2. The number of β-lactam (4-membered cyclic amide) rings is 1. The Morgan fingerprint density at radius 3 is 2.65 bits per heavy atom. The van der Waals surface area contributed by atoms with Gasteiger partial charge in [0.2, 0.25) is 23.3 Å². The summed E-state index contributed by atoms with van der Waals surface area (Å²) in [7, 11) is 0. The molecule has 1 saturated heterocycles. The van der Waals surface area contributed by atoms with Crippen LogP contribution in [0.15, 0.2) is 22.6 Å². The number of oxime groups is 1. The molecule has 9 N–H and O–H groups in total. The summed E-state index contributed by atoms with van der Waals surface area (Å²) in [5, 5.41) is 36.4. The lowest BCUT2D eigenvalue weighted by molar-refractivity contribution is -0.767. The molecule has 2 aliphatic heterocycles. The molecular weight excluding hydrogens is 608 g/mol. The standard InChI is InChI=1S/C23H30N10O8S2/c1-23(2,21(39)40)41-29-12(16-28-22(26)43-30-16)17(35)27-13-18(36)33-14(20(37)38)11(9-42-19(13)33)8-31-7-10(3-4-24)15(25)32(31)5-6-34/h7,13,19,25,34H,3-6,8-9,24H2,1-2H3,(H5,26,27,28,30,35,37,38,39,40)/b29-12+/t13-,19-/m1/s1. The highest BCUT2D eigenvalue weighted by Gasteiger charge is 2.53. The van der Waals surface area contributed by atoms with Gasteiger partial charge in [-0.15, -0.1) is 21.1 Å². The molecule has 1 fully saturated rings. The van der Waals surface area contributed by atoms with E-state index >= 15 is 0 Å². The van der Waals surface area contributed by atoms with Crippen LogP contribution < -0.4 is 32.3 Å². The summed E-state index contributed by atoms with van der Waals surface area (Å²) < 4.78 is 7.16. The monoisotopic (exact) mass is 638 g/mol. The number of fused-ring (bicyclic) bond motifs is 1. The van der Waals surface area contributed by atoms with E-state index in [0.29, 0.717) is 24.4 Å². The first kappa shape index (κ1) is 31.7. The summed E-state index contributed by atoms with van der Waals surface area (Å²) in [6.07, 6.45) is 2.18. The molecule has 20 heteroatoms. The molecule has 0 saturated carbocycles. The van der Waals surface area contributed by atoms with Crippen LogP contribution >= 0.6 is 23.3 Å². The summed E-state index contributed by atoms with van der Waals surface area (Å²) in [6.45, 7) is 2.71. The molecule has 2 atom stereocenters. The highest BCUT2D eigenvalue weighted by molar-refractivity contribution is 8.00. The SMILES string of the molecule is CC(C)(O/N=C(/C(=O)N[C@@H]1C(=O)N2C(C(=O)[O-])=C(C[n+]3cc(CCN)c(N)n3CCO)CS[C@H]12)c1nsc(N)n1)C(=O)O. The van der Waals surface area contributed by atoms with E-state index in [0.717, 1.165) is 22.0 Å². The number of carboxylic acid groups (broad SMARTS) is 2. The molecule has 2 aromatic heterocycles. The van der Waals surface area contributed by atoms with Crippen molar-refractivity contribution >= 4 is 63.7 Å². The lowest BCUT2D eigenvalue weighted by atomic mass is 10.0. The fourth-order valence-electron chi connectivity index (χ4n) is 4.36. The Kier molecular flexibility index (Phi) is 9.23. The number of hydrogen-bond donors (Lipinski definition) is 6. The number of nitrogen functional groups attached to an aromatic ring is 2. The predicted molar refractivity (Wildman–Crippen MR) is 150 cm³/mol. The molecule has 0 radical (unpaired) electrons. The molecule has 0 unspecified atom stereocenters. The number of carbonyl (C=O) groups excluding carboxylic acids is 3.